The number of allylic oxidation sites excluding steroid dienone is 1. The number of ether oxygens (including phenoxy) is 5. The topological polar surface area (TPSA) is 274 Å². The molecule has 2 heterocycles. The number of aliphatic carboxylic acids is 1. The number of aliphatic hydroxyl groups is 1. The maximum atomic E-state index is 15.6. The van der Waals surface area contributed by atoms with Gasteiger partial charge < -0.3 is 49.5 Å². The van der Waals surface area contributed by atoms with Crippen molar-refractivity contribution in [1.82, 2.24) is 10.3 Å². The van der Waals surface area contributed by atoms with E-state index in [1.165, 1.54) is 18.7 Å². The van der Waals surface area contributed by atoms with Crippen LogP contribution in [0.1, 0.15) is 251 Å². The van der Waals surface area contributed by atoms with Crippen LogP contribution in [0.3, 0.4) is 0 Å². The molecule has 2 aliphatic carbocycles. The Kier molecular flexibility index (Phi) is 32.7. The molecule has 4 N–H and O–H groups in total. The second-order valence-electron chi connectivity index (χ2n) is 32.9. The second-order valence-corrected chi connectivity index (χ2v) is 35.6. The molecule has 22 heteroatoms. The zero-order chi connectivity index (χ0) is 72.9. The molecule has 19 nitrogen and oxygen atoms in total. The first-order valence-corrected chi connectivity index (χ1v) is 36.9. The Labute approximate surface area is 601 Å². The number of amidine groups is 1. The number of thioether (sulfide) groups is 2. The van der Waals surface area contributed by atoms with Gasteiger partial charge in [0.25, 0.3) is 0 Å². The normalized spacial score (nSPS) is 22.4. The summed E-state index contributed by atoms with van der Waals surface area (Å²) in [5.41, 5.74) is 0.355. The fourth-order valence-corrected chi connectivity index (χ4v) is 15.0. The minimum absolute atomic E-state index is 0. The van der Waals surface area contributed by atoms with Crippen molar-refractivity contribution >= 4 is 88.9 Å². The number of carboxylic acid groups (broad SMARTS) is 1. The summed E-state index contributed by atoms with van der Waals surface area (Å²) in [6.45, 7) is 50.0. The van der Waals surface area contributed by atoms with Gasteiger partial charge in [-0.15, -0.1) is 23.5 Å². The monoisotopic (exact) mass is 1440 g/mol. The van der Waals surface area contributed by atoms with E-state index in [9.17, 15) is 39.0 Å². The minimum atomic E-state index is -1.33. The molecule has 544 valence electrons. The Morgan fingerprint density at radius 2 is 1.19 bits per heavy atom. The van der Waals surface area contributed by atoms with Gasteiger partial charge in [0, 0.05) is 55.1 Å². The second kappa shape index (κ2) is 36.7. The molecule has 0 spiro atoms. The van der Waals surface area contributed by atoms with Crippen molar-refractivity contribution in [2.24, 2.45) is 73.5 Å². The first-order chi connectivity index (χ1) is 44.2. The van der Waals surface area contributed by atoms with Gasteiger partial charge in [-0.3, -0.25) is 24.0 Å². The molecule has 7 unspecified atom stereocenters. The number of aromatic nitrogens is 1. The first kappa shape index (κ1) is 86.4. The van der Waals surface area contributed by atoms with Crippen molar-refractivity contribution in [1.29, 1.82) is 0 Å². The average Bonchev–Trinajstić information content (AvgIpc) is 1.75. The average molecular weight is 1450 g/mol. The Hall–Kier alpha value is -4.79. The summed E-state index contributed by atoms with van der Waals surface area (Å²) in [7, 11) is 0. The third-order valence-corrected chi connectivity index (χ3v) is 21.7. The van der Waals surface area contributed by atoms with Crippen LogP contribution in [0.15, 0.2) is 34.0 Å². The van der Waals surface area contributed by atoms with Crippen LogP contribution < -0.4 is 15.6 Å². The number of unbranched alkanes of at least 4 members (excludes halogenated alkanes) is 1. The number of esters is 5. The largest absolute Gasteiger partial charge is 0.480 e. The molecule has 0 aromatic carbocycles. The number of carboxylic acids is 1. The van der Waals surface area contributed by atoms with Gasteiger partial charge in [0.2, 0.25) is 5.91 Å². The molecule has 0 bridgehead atoms. The van der Waals surface area contributed by atoms with Gasteiger partial charge in [0.05, 0.1) is 35.0 Å². The zero-order valence-electron chi connectivity index (χ0n) is 63.0. The number of rotatable bonds is 30. The number of anilines is 1. The smallest absolute Gasteiger partial charge is 0.342 e. The van der Waals surface area contributed by atoms with E-state index in [1.54, 1.807) is 13.0 Å². The quantitative estimate of drug-likeness (QED) is 0.0183. The fourth-order valence-electron chi connectivity index (χ4n) is 13.1. The van der Waals surface area contributed by atoms with Gasteiger partial charge in [-0.05, 0) is 165 Å². The number of amides is 2. The van der Waals surface area contributed by atoms with Crippen molar-refractivity contribution in [2.45, 2.75) is 258 Å². The van der Waals surface area contributed by atoms with E-state index in [2.05, 4.69) is 114 Å². The van der Waals surface area contributed by atoms with Crippen LogP contribution in [0.2, 0.25) is 0 Å². The van der Waals surface area contributed by atoms with Crippen LogP contribution in [0.5, 0.6) is 0 Å². The minimum Gasteiger partial charge on any atom is -0.480 e. The summed E-state index contributed by atoms with van der Waals surface area (Å²) in [5, 5.41) is 24.3. The first-order valence-electron chi connectivity index (χ1n) is 34.8. The molecule has 7 atom stereocenters. The Morgan fingerprint density at radius 3 is 1.65 bits per heavy atom. The van der Waals surface area contributed by atoms with Crippen molar-refractivity contribution in [3.63, 3.8) is 0 Å². The predicted molar refractivity (Wildman–Crippen MR) is 382 cm³/mol. The summed E-state index contributed by atoms with van der Waals surface area (Å²) in [6.07, 6.45) is 4.08. The van der Waals surface area contributed by atoms with Gasteiger partial charge >= 0.3 is 35.8 Å². The maximum absolute atomic E-state index is 15.6. The summed E-state index contributed by atoms with van der Waals surface area (Å²) >= 11 is 2.39. The SMILES string of the molecule is C=C(C)C(=O)OCC(O)COC(=O)CC(SCCCCC(=O)Nc1[n-]c(C=C2N=C(NC(=O)C(C)SCCCOC(=O)C(C)(C)CC)C(C(=O)OC3C(C(C)(C)C)CC(C)CC3C(C)(C)C)=C2C(C)C)c(C(C)C)c1C(=O)OC1C(C(C)(C)C)CC(C)CC1C(C)(C)C)C(=O)O.[Zn]. The van der Waals surface area contributed by atoms with Crippen LogP contribution in [0, 0.1) is 68.5 Å². The van der Waals surface area contributed by atoms with E-state index in [-0.39, 0.29) is 124 Å². The molecule has 1 aromatic heterocycles. The molecule has 0 saturated heterocycles. The van der Waals surface area contributed by atoms with Gasteiger partial charge in [-0.25, -0.2) is 19.4 Å². The van der Waals surface area contributed by atoms with Gasteiger partial charge in [-0.2, -0.15) is 0 Å². The van der Waals surface area contributed by atoms with Gasteiger partial charge in [0.15, 0.2) is 0 Å². The molecule has 4 rings (SSSR count). The van der Waals surface area contributed by atoms with Crippen LogP contribution in [0.4, 0.5) is 5.82 Å². The molecule has 1 aliphatic heterocycles. The number of hydrogen-bond acceptors (Lipinski definition) is 17. The molecule has 0 radical (unpaired) electrons. The van der Waals surface area contributed by atoms with E-state index < -0.39 is 101 Å². The van der Waals surface area contributed by atoms with Crippen LogP contribution >= 0.6 is 23.5 Å². The number of nitrogens with zero attached hydrogens (tertiary/aromatic N) is 2. The van der Waals surface area contributed by atoms with E-state index in [1.807, 2.05) is 48.5 Å². The standard InChI is InChI=1S/C75H120N4O15S2.Zn/c1-25-75(23,24)70(89)90-30-28-32-95-46(10)65(83)79-64-60(69(88)94-62-50(73(17,18)19)35-45(9)36-51(62)74(20,21)22)58(42(4)5)53(77-64)37-52-57(41(2)3)59(68(87)93-61-48(71(11,12)13)33-44(8)34-49(61)72(14,15)16)63(76-52)78-55(81)29-26-27-31-96-54(66(84)85)38-56(82)91-39-47(80)40-92-67(86)43(6)7;/h37,41-42,44-51,54,61-62,80H,6,25-36,38-40H2,1-5,7-24H3,(H4,76,77,78,79,81,83,84,85,87,88);/p-1. The van der Waals surface area contributed by atoms with Crippen molar-refractivity contribution in [3.8, 4) is 0 Å². The third kappa shape index (κ3) is 25.1. The molecular formula is C75H119N4O15S2Zn-. The van der Waals surface area contributed by atoms with Crippen molar-refractivity contribution in [3.05, 3.63) is 45.8 Å². The number of aliphatic imine (C=N–C) groups is 1. The van der Waals surface area contributed by atoms with Gasteiger partial charge in [0.1, 0.15) is 54.1 Å². The molecule has 97 heavy (non-hydrogen) atoms. The molecule has 2 saturated carbocycles. The molecular weight excluding hydrogens is 1330 g/mol. The molecule has 3 aliphatic rings. The summed E-state index contributed by atoms with van der Waals surface area (Å²) in [5.74, 6) is -4.51. The predicted octanol–water partition coefficient (Wildman–Crippen LogP) is 14.7. The van der Waals surface area contributed by atoms with Gasteiger partial charge in [-0.1, -0.05) is 138 Å². The van der Waals surface area contributed by atoms with Crippen LogP contribution in [-0.2, 0) is 76.7 Å². The number of nitrogens with one attached hydrogen (secondary N) is 2. The Morgan fingerprint density at radius 1 is 0.691 bits per heavy atom. The number of hydrogen-bond donors (Lipinski definition) is 4. The van der Waals surface area contributed by atoms with E-state index in [4.69, 9.17) is 33.7 Å². The summed E-state index contributed by atoms with van der Waals surface area (Å²) in [4.78, 5) is 120. The Balaban J connectivity index is 0.0000245. The van der Waals surface area contributed by atoms with E-state index in [0.717, 1.165) is 37.4 Å². The van der Waals surface area contributed by atoms with Crippen LogP contribution in [-0.4, -0.2) is 124 Å². The van der Waals surface area contributed by atoms with Crippen LogP contribution in [0.25, 0.3) is 6.08 Å². The molecule has 2 fully saturated rings. The fraction of sp³-hybridized carbons (Fsp3) is 0.747. The van der Waals surface area contributed by atoms with Crippen molar-refractivity contribution in [2.75, 3.05) is 36.6 Å². The van der Waals surface area contributed by atoms with E-state index >= 15 is 9.59 Å². The molecule has 2 amide bonds. The molecule has 1 aromatic rings. The number of carbonyl (C=O) groups is 8. The number of carbonyl (C=O) groups excluding carboxylic acids is 7. The van der Waals surface area contributed by atoms with Crippen molar-refractivity contribution < 1.29 is 91.7 Å². The number of aliphatic hydroxyl groups excluding tert-OH is 1. The summed E-state index contributed by atoms with van der Waals surface area (Å²) < 4.78 is 29.4. The summed E-state index contributed by atoms with van der Waals surface area (Å²) in [6, 6.07) is 0. The Bertz CT molecular complexity index is 2980. The maximum Gasteiger partial charge on any atom is 0.342 e. The third-order valence-electron chi connectivity index (χ3n) is 19.1. The van der Waals surface area contributed by atoms with E-state index in [0.29, 0.717) is 65.8 Å². The zero-order valence-corrected chi connectivity index (χ0v) is 67.6.